The van der Waals surface area contributed by atoms with Crippen molar-refractivity contribution in [3.8, 4) is 17.2 Å². The molecule has 3 aromatic rings. The molecule has 0 spiro atoms. The van der Waals surface area contributed by atoms with Gasteiger partial charge in [0, 0.05) is 34.0 Å². The van der Waals surface area contributed by atoms with E-state index < -0.39 is 16.2 Å². The minimum absolute atomic E-state index is 0.105. The van der Waals surface area contributed by atoms with Crippen LogP contribution in [0.4, 0.5) is 0 Å². The number of phenolic OH excluding ortho intramolecular Hbond substituents is 2. The van der Waals surface area contributed by atoms with Gasteiger partial charge in [-0.25, -0.2) is 0 Å². The van der Waals surface area contributed by atoms with E-state index >= 15 is 0 Å². The fourth-order valence-corrected chi connectivity index (χ4v) is 6.72. The van der Waals surface area contributed by atoms with E-state index in [4.69, 9.17) is 4.74 Å². The van der Waals surface area contributed by atoms with Crippen molar-refractivity contribution in [2.24, 2.45) is 10.8 Å². The number of methoxy groups -OCH3 is 1. The first-order chi connectivity index (χ1) is 16.2. The zero-order valence-corrected chi connectivity index (χ0v) is 20.0. The van der Waals surface area contributed by atoms with Crippen LogP contribution in [0, 0.1) is 10.8 Å². The SMILES string of the molecule is COc1ccc(C2CC3(C)C(=O)C(=Cc4ccccc4)C2(c2ccccc2O)C3(C)C)c(O)c1. The fourth-order valence-electron chi connectivity index (χ4n) is 6.72. The molecule has 0 heterocycles. The third-order valence-electron chi connectivity index (χ3n) is 8.72. The molecule has 4 heteroatoms. The lowest BCUT2D eigenvalue weighted by atomic mass is 9.57. The summed E-state index contributed by atoms with van der Waals surface area (Å²) < 4.78 is 5.32. The van der Waals surface area contributed by atoms with E-state index in [1.54, 1.807) is 25.3 Å². The molecule has 2 bridgehead atoms. The van der Waals surface area contributed by atoms with Gasteiger partial charge < -0.3 is 14.9 Å². The van der Waals surface area contributed by atoms with Crippen molar-refractivity contribution >= 4 is 11.9 Å². The molecule has 2 aliphatic rings. The Bertz CT molecular complexity index is 1310. The van der Waals surface area contributed by atoms with Gasteiger partial charge in [0.05, 0.1) is 7.11 Å². The topological polar surface area (TPSA) is 66.8 Å². The lowest BCUT2D eigenvalue weighted by molar-refractivity contribution is -0.125. The second-order valence-corrected chi connectivity index (χ2v) is 10.3. The number of carbonyl (C=O) groups is 1. The number of carbonyl (C=O) groups excluding carboxylic acids is 1. The summed E-state index contributed by atoms with van der Waals surface area (Å²) in [6.07, 6.45) is 2.55. The highest BCUT2D eigenvalue weighted by Crippen LogP contribution is 2.78. The molecule has 2 fully saturated rings. The minimum atomic E-state index is -0.841. The van der Waals surface area contributed by atoms with Crippen molar-refractivity contribution in [3.63, 3.8) is 0 Å². The molecule has 0 saturated heterocycles. The fraction of sp³-hybridized carbons (Fsp3) is 0.300. The number of hydrogen-bond donors (Lipinski definition) is 2. The van der Waals surface area contributed by atoms with Crippen LogP contribution < -0.4 is 4.74 Å². The molecule has 174 valence electrons. The largest absolute Gasteiger partial charge is 0.508 e. The summed E-state index contributed by atoms with van der Waals surface area (Å²) in [6.45, 7) is 6.30. The van der Waals surface area contributed by atoms with E-state index in [2.05, 4.69) is 13.8 Å². The van der Waals surface area contributed by atoms with Crippen molar-refractivity contribution in [2.45, 2.75) is 38.5 Å². The molecule has 0 aromatic heterocycles. The Morgan fingerprint density at radius 2 is 1.59 bits per heavy atom. The number of fused-ring (bicyclic) bond motifs is 2. The maximum Gasteiger partial charge on any atom is 0.166 e. The monoisotopic (exact) mass is 454 g/mol. The molecule has 3 atom stereocenters. The number of para-hydroxylation sites is 1. The molecule has 5 rings (SSSR count). The Kier molecular flexibility index (Phi) is 4.91. The van der Waals surface area contributed by atoms with Crippen LogP contribution in [-0.4, -0.2) is 23.1 Å². The Labute approximate surface area is 200 Å². The van der Waals surface area contributed by atoms with Gasteiger partial charge in [-0.3, -0.25) is 4.79 Å². The first kappa shape index (κ1) is 22.3. The van der Waals surface area contributed by atoms with E-state index in [1.807, 2.05) is 67.6 Å². The summed E-state index contributed by atoms with van der Waals surface area (Å²) in [5, 5.41) is 22.3. The Morgan fingerprint density at radius 1 is 0.912 bits per heavy atom. The highest BCUT2D eigenvalue weighted by molar-refractivity contribution is 6.11. The van der Waals surface area contributed by atoms with Crippen molar-refractivity contribution in [3.05, 3.63) is 95.1 Å². The average Bonchev–Trinajstić information content (AvgIpc) is 3.08. The zero-order valence-electron chi connectivity index (χ0n) is 20.0. The van der Waals surface area contributed by atoms with E-state index in [-0.39, 0.29) is 23.2 Å². The summed E-state index contributed by atoms with van der Waals surface area (Å²) in [5.74, 6) is 0.750. The van der Waals surface area contributed by atoms with Crippen LogP contribution in [0.15, 0.2) is 78.4 Å². The van der Waals surface area contributed by atoms with E-state index in [0.29, 0.717) is 17.7 Å². The molecule has 3 unspecified atom stereocenters. The van der Waals surface area contributed by atoms with Crippen LogP contribution >= 0.6 is 0 Å². The number of rotatable bonds is 4. The second-order valence-electron chi connectivity index (χ2n) is 10.3. The number of ketones is 1. The van der Waals surface area contributed by atoms with Crippen LogP contribution in [-0.2, 0) is 10.2 Å². The van der Waals surface area contributed by atoms with Crippen LogP contribution in [0.3, 0.4) is 0 Å². The predicted octanol–water partition coefficient (Wildman–Crippen LogP) is 6.23. The van der Waals surface area contributed by atoms with Crippen LogP contribution in [0.2, 0.25) is 0 Å². The van der Waals surface area contributed by atoms with Crippen molar-refractivity contribution in [1.29, 1.82) is 0 Å². The van der Waals surface area contributed by atoms with Gasteiger partial charge in [-0.15, -0.1) is 0 Å². The predicted molar refractivity (Wildman–Crippen MR) is 133 cm³/mol. The maximum atomic E-state index is 14.1. The van der Waals surface area contributed by atoms with Crippen molar-refractivity contribution in [1.82, 2.24) is 0 Å². The molecule has 0 aliphatic heterocycles. The number of Topliss-reactive ketones (excluding diaryl/α,β-unsaturated/α-hetero) is 1. The van der Waals surface area contributed by atoms with Crippen molar-refractivity contribution < 1.29 is 19.7 Å². The van der Waals surface area contributed by atoms with Gasteiger partial charge in [-0.05, 0) is 41.2 Å². The van der Waals surface area contributed by atoms with Crippen LogP contribution in [0.25, 0.3) is 6.08 Å². The first-order valence-corrected chi connectivity index (χ1v) is 11.7. The quantitative estimate of drug-likeness (QED) is 0.459. The number of ether oxygens (including phenoxy) is 1. The molecule has 2 aliphatic carbocycles. The number of benzene rings is 3. The van der Waals surface area contributed by atoms with Crippen molar-refractivity contribution in [2.75, 3.05) is 7.11 Å². The Balaban J connectivity index is 1.87. The number of hydrogen-bond acceptors (Lipinski definition) is 4. The number of allylic oxidation sites excluding steroid dienone is 1. The van der Waals surface area contributed by atoms with E-state index in [0.717, 1.165) is 16.7 Å². The molecule has 3 aromatic carbocycles. The third-order valence-corrected chi connectivity index (χ3v) is 8.72. The molecule has 0 radical (unpaired) electrons. The highest BCUT2D eigenvalue weighted by atomic mass is 16.5. The Hall–Kier alpha value is -3.53. The molecule has 34 heavy (non-hydrogen) atoms. The van der Waals surface area contributed by atoms with Gasteiger partial charge >= 0.3 is 0 Å². The zero-order chi connectivity index (χ0) is 24.3. The van der Waals surface area contributed by atoms with Crippen LogP contribution in [0.1, 0.15) is 49.8 Å². The minimum Gasteiger partial charge on any atom is -0.508 e. The average molecular weight is 455 g/mol. The molecular weight excluding hydrogens is 424 g/mol. The normalized spacial score (nSPS) is 28.4. The van der Waals surface area contributed by atoms with Gasteiger partial charge in [0.1, 0.15) is 17.2 Å². The first-order valence-electron chi connectivity index (χ1n) is 11.7. The van der Waals surface area contributed by atoms with Gasteiger partial charge in [0.15, 0.2) is 5.78 Å². The Morgan fingerprint density at radius 3 is 2.24 bits per heavy atom. The lowest BCUT2D eigenvalue weighted by Gasteiger charge is -2.44. The van der Waals surface area contributed by atoms with E-state index in [9.17, 15) is 15.0 Å². The highest BCUT2D eigenvalue weighted by Gasteiger charge is 2.77. The summed E-state index contributed by atoms with van der Waals surface area (Å²) in [4.78, 5) is 14.1. The summed E-state index contributed by atoms with van der Waals surface area (Å²) in [6, 6.07) is 22.5. The summed E-state index contributed by atoms with van der Waals surface area (Å²) in [5.41, 5.74) is 1.04. The van der Waals surface area contributed by atoms with Gasteiger partial charge in [-0.1, -0.05) is 75.4 Å². The van der Waals surface area contributed by atoms with Gasteiger partial charge in [-0.2, -0.15) is 0 Å². The van der Waals surface area contributed by atoms with Gasteiger partial charge in [0.25, 0.3) is 0 Å². The molecular formula is C30H30O4. The molecule has 4 nitrogen and oxygen atoms in total. The summed E-state index contributed by atoms with van der Waals surface area (Å²) in [7, 11) is 1.57. The molecule has 0 amide bonds. The van der Waals surface area contributed by atoms with Gasteiger partial charge in [0.2, 0.25) is 0 Å². The third kappa shape index (κ3) is 2.68. The lowest BCUT2D eigenvalue weighted by Crippen LogP contribution is -2.41. The second kappa shape index (κ2) is 7.49. The molecule has 2 N–H and O–H groups in total. The number of aromatic hydroxyl groups is 2. The summed E-state index contributed by atoms with van der Waals surface area (Å²) >= 11 is 0. The van der Waals surface area contributed by atoms with Crippen LogP contribution in [0.5, 0.6) is 17.2 Å². The standard InChI is InChI=1S/C30H30O4/c1-28(2)29(3)18-24(21-15-14-20(34-4)17-26(21)32)30(28,22-12-8-9-13-25(22)31)23(27(29)33)16-19-10-6-5-7-11-19/h5-17,24,31-32H,18H2,1-4H3. The van der Waals surface area contributed by atoms with E-state index in [1.165, 1.54) is 0 Å². The smallest absolute Gasteiger partial charge is 0.166 e. The molecule has 2 saturated carbocycles. The number of phenols is 2. The maximum absolute atomic E-state index is 14.1.